The lowest BCUT2D eigenvalue weighted by Gasteiger charge is -2.47. The van der Waals surface area contributed by atoms with Crippen LogP contribution in [0.1, 0.15) is 64.7 Å². The summed E-state index contributed by atoms with van der Waals surface area (Å²) in [7, 11) is 0. The van der Waals surface area contributed by atoms with Crippen LogP contribution in [0.2, 0.25) is 0 Å². The van der Waals surface area contributed by atoms with E-state index >= 15 is 0 Å². The van der Waals surface area contributed by atoms with Crippen LogP contribution >= 0.6 is 0 Å². The Morgan fingerprint density at radius 2 is 1.89 bits per heavy atom. The molecule has 7 heteroatoms. The third kappa shape index (κ3) is 6.62. The van der Waals surface area contributed by atoms with Crippen molar-refractivity contribution >= 4 is 11.9 Å². The summed E-state index contributed by atoms with van der Waals surface area (Å²) in [6.45, 7) is 8.28. The van der Waals surface area contributed by atoms with E-state index in [0.717, 1.165) is 71.2 Å². The second-order valence-electron chi connectivity index (χ2n) is 8.45. The molecular formula is C21H39N5O2. The van der Waals surface area contributed by atoms with Gasteiger partial charge in [-0.05, 0) is 39.0 Å². The molecule has 7 nitrogen and oxygen atoms in total. The molecule has 1 saturated heterocycles. The van der Waals surface area contributed by atoms with Gasteiger partial charge in [0, 0.05) is 44.2 Å². The van der Waals surface area contributed by atoms with Gasteiger partial charge in [0.05, 0.1) is 19.8 Å². The summed E-state index contributed by atoms with van der Waals surface area (Å²) in [4.78, 5) is 19.4. The highest BCUT2D eigenvalue weighted by molar-refractivity contribution is 5.80. The van der Waals surface area contributed by atoms with Crippen LogP contribution in [-0.4, -0.2) is 74.3 Å². The maximum atomic E-state index is 11.8. The average Bonchev–Trinajstić information content (AvgIpc) is 3.54. The molecule has 0 spiro atoms. The molecule has 0 atom stereocenters. The van der Waals surface area contributed by atoms with Crippen molar-refractivity contribution in [3.05, 3.63) is 0 Å². The van der Waals surface area contributed by atoms with Gasteiger partial charge < -0.3 is 20.7 Å². The maximum Gasteiger partial charge on any atom is 0.220 e. The summed E-state index contributed by atoms with van der Waals surface area (Å²) in [6, 6.07) is 0.450. The number of aliphatic imine (C=N–C) groups is 1. The fourth-order valence-electron chi connectivity index (χ4n) is 4.37. The van der Waals surface area contributed by atoms with Crippen molar-refractivity contribution in [2.24, 2.45) is 4.99 Å². The Hall–Kier alpha value is -1.34. The largest absolute Gasteiger partial charge is 0.379 e. The van der Waals surface area contributed by atoms with Crippen LogP contribution < -0.4 is 16.0 Å². The van der Waals surface area contributed by atoms with E-state index in [-0.39, 0.29) is 11.4 Å². The van der Waals surface area contributed by atoms with Crippen LogP contribution in [0.15, 0.2) is 4.99 Å². The number of carbonyl (C=O) groups excluding carboxylic acids is 1. The first-order valence-electron chi connectivity index (χ1n) is 11.4. The van der Waals surface area contributed by atoms with Crippen LogP contribution in [0.25, 0.3) is 0 Å². The third-order valence-corrected chi connectivity index (χ3v) is 6.16. The molecule has 0 unspecified atom stereocenters. The molecule has 3 aliphatic rings. The highest BCUT2D eigenvalue weighted by atomic mass is 16.5. The zero-order valence-corrected chi connectivity index (χ0v) is 17.6. The molecule has 1 aliphatic heterocycles. The summed E-state index contributed by atoms with van der Waals surface area (Å²) in [5, 5.41) is 9.84. The minimum atomic E-state index is 0.180. The van der Waals surface area contributed by atoms with Crippen LogP contribution in [0, 0.1) is 0 Å². The van der Waals surface area contributed by atoms with E-state index in [1.807, 2.05) is 0 Å². The number of hydrogen-bond acceptors (Lipinski definition) is 4. The lowest BCUT2D eigenvalue weighted by molar-refractivity contribution is -0.121. The van der Waals surface area contributed by atoms with Gasteiger partial charge in [-0.3, -0.25) is 14.7 Å². The highest BCUT2D eigenvalue weighted by Crippen LogP contribution is 2.34. The van der Waals surface area contributed by atoms with Gasteiger partial charge in [-0.1, -0.05) is 19.3 Å². The van der Waals surface area contributed by atoms with Crippen LogP contribution in [0.3, 0.4) is 0 Å². The maximum absolute atomic E-state index is 11.8. The SMILES string of the molecule is CCNC(=NCC1(N2CCOCC2)CCCCC1)NCCCC(=O)NC1CC1. The monoisotopic (exact) mass is 393 g/mol. The Kier molecular flexibility index (Phi) is 8.40. The van der Waals surface area contributed by atoms with Gasteiger partial charge in [0.2, 0.25) is 5.91 Å². The number of guanidine groups is 1. The molecule has 0 aromatic carbocycles. The number of morpholine rings is 1. The van der Waals surface area contributed by atoms with E-state index in [9.17, 15) is 4.79 Å². The molecule has 160 valence electrons. The van der Waals surface area contributed by atoms with E-state index in [0.29, 0.717) is 12.5 Å². The number of amides is 1. The Bertz CT molecular complexity index is 509. The minimum Gasteiger partial charge on any atom is -0.379 e. The molecule has 1 heterocycles. The second kappa shape index (κ2) is 11.0. The molecule has 3 rings (SSSR count). The number of nitrogens with one attached hydrogen (secondary N) is 3. The van der Waals surface area contributed by atoms with Crippen molar-refractivity contribution in [2.75, 3.05) is 45.9 Å². The number of ether oxygens (including phenoxy) is 1. The highest BCUT2D eigenvalue weighted by Gasteiger charge is 2.38. The Morgan fingerprint density at radius 1 is 1.14 bits per heavy atom. The quantitative estimate of drug-likeness (QED) is 0.315. The van der Waals surface area contributed by atoms with Crippen molar-refractivity contribution in [3.63, 3.8) is 0 Å². The molecule has 28 heavy (non-hydrogen) atoms. The molecule has 2 aliphatic carbocycles. The second-order valence-corrected chi connectivity index (χ2v) is 8.45. The molecule has 1 amide bonds. The predicted octanol–water partition coefficient (Wildman–Crippen LogP) is 1.64. The zero-order chi connectivity index (χ0) is 19.7. The van der Waals surface area contributed by atoms with Crippen LogP contribution in [0.5, 0.6) is 0 Å². The smallest absolute Gasteiger partial charge is 0.220 e. The molecule has 3 fully saturated rings. The molecular weight excluding hydrogens is 354 g/mol. The van der Waals surface area contributed by atoms with Gasteiger partial charge >= 0.3 is 0 Å². The summed E-state index contributed by atoms with van der Waals surface area (Å²) in [6.07, 6.45) is 10.1. The van der Waals surface area contributed by atoms with Gasteiger partial charge in [0.15, 0.2) is 5.96 Å². The summed E-state index contributed by atoms with van der Waals surface area (Å²) in [5.41, 5.74) is 0.189. The van der Waals surface area contributed by atoms with Crippen LogP contribution in [-0.2, 0) is 9.53 Å². The Labute approximate surface area is 170 Å². The molecule has 0 bridgehead atoms. The summed E-state index contributed by atoms with van der Waals surface area (Å²) < 4.78 is 5.58. The Morgan fingerprint density at radius 3 is 2.57 bits per heavy atom. The normalized spacial score (nSPS) is 23.2. The standard InChI is InChI=1S/C21H39N5O2/c1-2-22-20(23-12-6-7-19(27)25-18-8-9-18)24-17-21(10-4-3-5-11-21)26-13-15-28-16-14-26/h18H,2-17H2,1H3,(H,25,27)(H2,22,23,24). The summed E-state index contributed by atoms with van der Waals surface area (Å²) >= 11 is 0. The molecule has 0 aromatic rings. The topological polar surface area (TPSA) is 78.0 Å². The lowest BCUT2D eigenvalue weighted by atomic mass is 9.80. The van der Waals surface area contributed by atoms with E-state index in [1.165, 1.54) is 32.1 Å². The lowest BCUT2D eigenvalue weighted by Crippen LogP contribution is -2.56. The average molecular weight is 394 g/mol. The van der Waals surface area contributed by atoms with E-state index < -0.39 is 0 Å². The van der Waals surface area contributed by atoms with E-state index in [1.54, 1.807) is 0 Å². The zero-order valence-electron chi connectivity index (χ0n) is 17.6. The summed E-state index contributed by atoms with van der Waals surface area (Å²) in [5.74, 6) is 1.06. The van der Waals surface area contributed by atoms with Crippen molar-refractivity contribution in [1.29, 1.82) is 0 Å². The fraction of sp³-hybridized carbons (Fsp3) is 0.905. The first-order chi connectivity index (χ1) is 13.7. The van der Waals surface area contributed by atoms with Crippen molar-refractivity contribution in [2.45, 2.75) is 76.3 Å². The van der Waals surface area contributed by atoms with Crippen molar-refractivity contribution < 1.29 is 9.53 Å². The van der Waals surface area contributed by atoms with E-state index in [4.69, 9.17) is 9.73 Å². The molecule has 3 N–H and O–H groups in total. The van der Waals surface area contributed by atoms with Gasteiger partial charge in [-0.2, -0.15) is 0 Å². The van der Waals surface area contributed by atoms with Gasteiger partial charge in [-0.15, -0.1) is 0 Å². The molecule has 0 radical (unpaired) electrons. The molecule has 2 saturated carbocycles. The van der Waals surface area contributed by atoms with Gasteiger partial charge in [0.1, 0.15) is 0 Å². The number of rotatable bonds is 9. The van der Waals surface area contributed by atoms with Crippen molar-refractivity contribution in [1.82, 2.24) is 20.9 Å². The Balaban J connectivity index is 1.49. The van der Waals surface area contributed by atoms with Crippen LogP contribution in [0.4, 0.5) is 0 Å². The van der Waals surface area contributed by atoms with Gasteiger partial charge in [0.25, 0.3) is 0 Å². The number of carbonyl (C=O) groups is 1. The first-order valence-corrected chi connectivity index (χ1v) is 11.4. The first kappa shape index (κ1) is 21.4. The number of hydrogen-bond donors (Lipinski definition) is 3. The predicted molar refractivity (Wildman–Crippen MR) is 113 cm³/mol. The third-order valence-electron chi connectivity index (χ3n) is 6.16. The van der Waals surface area contributed by atoms with Crippen molar-refractivity contribution in [3.8, 4) is 0 Å². The van der Waals surface area contributed by atoms with Gasteiger partial charge in [-0.25, -0.2) is 0 Å². The van der Waals surface area contributed by atoms with E-state index in [2.05, 4.69) is 27.8 Å². The molecule has 0 aromatic heterocycles. The number of nitrogens with zero attached hydrogens (tertiary/aromatic N) is 2. The fourth-order valence-corrected chi connectivity index (χ4v) is 4.37. The minimum absolute atomic E-state index is 0.180.